The highest BCUT2D eigenvalue weighted by Gasteiger charge is 2.00. The van der Waals surface area contributed by atoms with E-state index < -0.39 is 0 Å². The van der Waals surface area contributed by atoms with E-state index in [0.29, 0.717) is 6.61 Å². The quantitative estimate of drug-likeness (QED) is 0.631. The van der Waals surface area contributed by atoms with Gasteiger partial charge in [0.05, 0.1) is 6.61 Å². The van der Waals surface area contributed by atoms with Crippen molar-refractivity contribution in [3.05, 3.63) is 42.1 Å². The van der Waals surface area contributed by atoms with Crippen LogP contribution in [0.1, 0.15) is 12.5 Å². The summed E-state index contributed by atoms with van der Waals surface area (Å²) in [5.41, 5.74) is 2.05. The minimum absolute atomic E-state index is 0.312. The summed E-state index contributed by atoms with van der Waals surface area (Å²) in [4.78, 5) is 14.3. The van der Waals surface area contributed by atoms with E-state index in [1.807, 2.05) is 30.5 Å². The lowest BCUT2D eigenvalue weighted by molar-refractivity contribution is -0.137. The molecule has 1 heterocycles. The highest BCUT2D eigenvalue weighted by atomic mass is 16.5. The summed E-state index contributed by atoms with van der Waals surface area (Å²) in [6, 6.07) is 7.95. The molecule has 82 valence electrons. The minimum Gasteiger partial charge on any atom is -0.463 e. The van der Waals surface area contributed by atoms with E-state index in [1.54, 1.807) is 13.0 Å². The second-order valence-electron chi connectivity index (χ2n) is 3.37. The van der Waals surface area contributed by atoms with Crippen molar-refractivity contribution >= 4 is 22.9 Å². The molecule has 1 aromatic carbocycles. The van der Waals surface area contributed by atoms with Crippen molar-refractivity contribution in [2.75, 3.05) is 6.61 Å². The minimum atomic E-state index is -0.312. The van der Waals surface area contributed by atoms with Crippen molar-refractivity contribution in [3.63, 3.8) is 0 Å². The van der Waals surface area contributed by atoms with E-state index in [9.17, 15) is 4.79 Å². The Morgan fingerprint density at radius 2 is 2.25 bits per heavy atom. The van der Waals surface area contributed by atoms with Gasteiger partial charge in [0.15, 0.2) is 0 Å². The van der Waals surface area contributed by atoms with Gasteiger partial charge in [-0.3, -0.25) is 0 Å². The van der Waals surface area contributed by atoms with Gasteiger partial charge in [-0.2, -0.15) is 0 Å². The Bertz CT molecular complexity index is 525. The van der Waals surface area contributed by atoms with Crippen LogP contribution in [0, 0.1) is 0 Å². The van der Waals surface area contributed by atoms with Crippen molar-refractivity contribution in [2.45, 2.75) is 6.92 Å². The first-order valence-electron chi connectivity index (χ1n) is 5.22. The maximum absolute atomic E-state index is 11.2. The zero-order valence-corrected chi connectivity index (χ0v) is 9.07. The van der Waals surface area contributed by atoms with Crippen molar-refractivity contribution in [1.82, 2.24) is 4.98 Å². The summed E-state index contributed by atoms with van der Waals surface area (Å²) in [6.07, 6.45) is 5.08. The average molecular weight is 215 g/mol. The number of fused-ring (bicyclic) bond motifs is 1. The lowest BCUT2D eigenvalue weighted by Gasteiger charge is -1.94. The molecular formula is C13H13NO2. The van der Waals surface area contributed by atoms with Gasteiger partial charge in [-0.15, -0.1) is 0 Å². The smallest absolute Gasteiger partial charge is 0.330 e. The van der Waals surface area contributed by atoms with E-state index in [-0.39, 0.29) is 5.97 Å². The van der Waals surface area contributed by atoms with Gasteiger partial charge < -0.3 is 9.72 Å². The van der Waals surface area contributed by atoms with Crippen LogP contribution in [0.3, 0.4) is 0 Å². The molecule has 16 heavy (non-hydrogen) atoms. The third kappa shape index (κ3) is 2.14. The molecule has 0 saturated carbocycles. The van der Waals surface area contributed by atoms with E-state index in [0.717, 1.165) is 16.5 Å². The summed E-state index contributed by atoms with van der Waals surface area (Å²) in [7, 11) is 0. The molecule has 1 N–H and O–H groups in total. The van der Waals surface area contributed by atoms with E-state index in [4.69, 9.17) is 4.74 Å². The molecule has 0 fully saturated rings. The zero-order chi connectivity index (χ0) is 11.4. The van der Waals surface area contributed by atoms with Crippen LogP contribution in [0.4, 0.5) is 0 Å². The fourth-order valence-electron chi connectivity index (χ4n) is 1.58. The predicted octanol–water partition coefficient (Wildman–Crippen LogP) is 2.74. The monoisotopic (exact) mass is 215 g/mol. The molecule has 1 aromatic heterocycles. The Labute approximate surface area is 93.7 Å². The Balaban J connectivity index is 2.24. The van der Waals surface area contributed by atoms with Crippen LogP contribution in [0.15, 0.2) is 36.5 Å². The molecule has 0 aliphatic rings. The zero-order valence-electron chi connectivity index (χ0n) is 9.07. The molecule has 0 atom stereocenters. The largest absolute Gasteiger partial charge is 0.463 e. The topological polar surface area (TPSA) is 42.1 Å². The summed E-state index contributed by atoms with van der Waals surface area (Å²) >= 11 is 0. The number of nitrogens with one attached hydrogen (secondary N) is 1. The van der Waals surface area contributed by atoms with Gasteiger partial charge in [0.25, 0.3) is 0 Å². The molecule has 0 aliphatic heterocycles. The fraction of sp³-hybridized carbons (Fsp3) is 0.154. The molecule has 3 heteroatoms. The number of rotatable bonds is 3. The third-order valence-electron chi connectivity index (χ3n) is 2.31. The van der Waals surface area contributed by atoms with Gasteiger partial charge in [-0.05, 0) is 19.1 Å². The van der Waals surface area contributed by atoms with Crippen LogP contribution in [-0.2, 0) is 9.53 Å². The number of ether oxygens (including phenoxy) is 1. The molecule has 0 bridgehead atoms. The third-order valence-corrected chi connectivity index (χ3v) is 2.31. The molecule has 0 spiro atoms. The first-order valence-corrected chi connectivity index (χ1v) is 5.22. The first-order chi connectivity index (χ1) is 7.81. The number of carbonyl (C=O) groups is 1. The van der Waals surface area contributed by atoms with Gasteiger partial charge in [-0.25, -0.2) is 4.79 Å². The van der Waals surface area contributed by atoms with Crippen LogP contribution in [0.25, 0.3) is 17.0 Å². The molecule has 2 rings (SSSR count). The van der Waals surface area contributed by atoms with Crippen molar-refractivity contribution < 1.29 is 9.53 Å². The van der Waals surface area contributed by atoms with Gasteiger partial charge in [0.2, 0.25) is 0 Å². The lowest BCUT2D eigenvalue weighted by Crippen LogP contribution is -1.98. The number of aromatic nitrogens is 1. The number of carbonyl (C=O) groups excluding carboxylic acids is 1. The van der Waals surface area contributed by atoms with Gasteiger partial charge in [-0.1, -0.05) is 18.2 Å². The van der Waals surface area contributed by atoms with Gasteiger partial charge >= 0.3 is 5.97 Å². The molecule has 0 unspecified atom stereocenters. The van der Waals surface area contributed by atoms with Crippen LogP contribution in [0.5, 0.6) is 0 Å². The Kier molecular flexibility index (Phi) is 3.05. The number of esters is 1. The second kappa shape index (κ2) is 4.66. The normalized spacial score (nSPS) is 11.1. The molecule has 0 amide bonds. The molecule has 2 aromatic rings. The maximum atomic E-state index is 11.2. The highest BCUT2D eigenvalue weighted by molar-refractivity contribution is 5.93. The van der Waals surface area contributed by atoms with Crippen LogP contribution < -0.4 is 0 Å². The number of benzene rings is 1. The Morgan fingerprint density at radius 1 is 1.44 bits per heavy atom. The Morgan fingerprint density at radius 3 is 3.06 bits per heavy atom. The molecule has 3 nitrogen and oxygen atoms in total. The van der Waals surface area contributed by atoms with Crippen molar-refractivity contribution in [1.29, 1.82) is 0 Å². The fourth-order valence-corrected chi connectivity index (χ4v) is 1.58. The number of aromatic amines is 1. The molecular weight excluding hydrogens is 202 g/mol. The number of H-pyrrole nitrogens is 1. The molecule has 0 radical (unpaired) electrons. The van der Waals surface area contributed by atoms with E-state index in [1.165, 1.54) is 6.08 Å². The van der Waals surface area contributed by atoms with E-state index in [2.05, 4.69) is 4.98 Å². The van der Waals surface area contributed by atoms with Crippen molar-refractivity contribution in [3.8, 4) is 0 Å². The van der Waals surface area contributed by atoms with Crippen LogP contribution >= 0.6 is 0 Å². The Hall–Kier alpha value is -2.03. The number of para-hydroxylation sites is 1. The number of hydrogen-bond donors (Lipinski definition) is 1. The van der Waals surface area contributed by atoms with Crippen molar-refractivity contribution in [2.24, 2.45) is 0 Å². The first kappa shape index (κ1) is 10.5. The summed E-state index contributed by atoms with van der Waals surface area (Å²) < 4.78 is 4.82. The van der Waals surface area contributed by atoms with Crippen LogP contribution in [0.2, 0.25) is 0 Å². The number of hydrogen-bond acceptors (Lipinski definition) is 2. The summed E-state index contributed by atoms with van der Waals surface area (Å²) in [5.74, 6) is -0.312. The summed E-state index contributed by atoms with van der Waals surface area (Å²) in [6.45, 7) is 2.19. The predicted molar refractivity (Wildman–Crippen MR) is 64.0 cm³/mol. The van der Waals surface area contributed by atoms with E-state index >= 15 is 0 Å². The van der Waals surface area contributed by atoms with Gasteiger partial charge in [0, 0.05) is 28.7 Å². The summed E-state index contributed by atoms with van der Waals surface area (Å²) in [5, 5.41) is 1.10. The highest BCUT2D eigenvalue weighted by Crippen LogP contribution is 2.18. The molecule has 0 saturated heterocycles. The second-order valence-corrected chi connectivity index (χ2v) is 3.37. The maximum Gasteiger partial charge on any atom is 0.330 e. The lowest BCUT2D eigenvalue weighted by atomic mass is 10.1. The van der Waals surface area contributed by atoms with Gasteiger partial charge in [0.1, 0.15) is 0 Å². The average Bonchev–Trinajstić information content (AvgIpc) is 2.70. The van der Waals surface area contributed by atoms with Crippen LogP contribution in [-0.4, -0.2) is 17.6 Å². The molecule has 0 aliphatic carbocycles. The standard InChI is InChI=1S/C13H13NO2/c1-2-16-13(15)8-7-10-9-14-12-6-4-3-5-11(10)12/h3-9,14H,2H2,1H3/b8-7-. The SMILES string of the molecule is CCOC(=O)/C=C\c1c[nH]c2ccccc12.